The Morgan fingerprint density at radius 2 is 1.19 bits per heavy atom. The number of aliphatic hydroxyl groups is 8. The van der Waals surface area contributed by atoms with Gasteiger partial charge in [0.25, 0.3) is 0 Å². The Hall–Kier alpha value is -3.55. The van der Waals surface area contributed by atoms with E-state index >= 15 is 0 Å². The Balaban J connectivity index is 1.61. The summed E-state index contributed by atoms with van der Waals surface area (Å²) in [5.74, 6) is -1.96. The molecule has 3 aromatic rings. The topological polar surface area (TPSA) is 271 Å². The zero-order chi connectivity index (χ0) is 31.2. The van der Waals surface area contributed by atoms with Gasteiger partial charge in [0.15, 0.2) is 11.5 Å². The Bertz CT molecular complexity index is 1450. The molecule has 16 nitrogen and oxygen atoms in total. The van der Waals surface area contributed by atoms with Gasteiger partial charge in [-0.3, -0.25) is 0 Å². The molecular weight excluding hydrogens is 580 g/mol. The number of ether oxygens (including phenoxy) is 4. The number of hydrogen-bond donors (Lipinski definition) is 11. The molecule has 43 heavy (non-hydrogen) atoms. The molecule has 0 amide bonds. The maximum atomic E-state index is 10.6. The van der Waals surface area contributed by atoms with Gasteiger partial charge >= 0.3 is 11.3 Å². The Morgan fingerprint density at radius 1 is 0.628 bits per heavy atom. The van der Waals surface area contributed by atoms with E-state index in [0.717, 1.165) is 18.2 Å². The summed E-state index contributed by atoms with van der Waals surface area (Å²) in [4.78, 5) is 0. The van der Waals surface area contributed by atoms with Gasteiger partial charge in [0.1, 0.15) is 65.7 Å². The Labute approximate surface area is 242 Å². The first-order chi connectivity index (χ1) is 20.4. The monoisotopic (exact) mass is 611 g/mol. The number of fused-ring (bicyclic) bond motifs is 1. The summed E-state index contributed by atoms with van der Waals surface area (Å²) in [6, 6.07) is 7.17. The second-order valence-electron chi connectivity index (χ2n) is 10.1. The Morgan fingerprint density at radius 3 is 1.72 bits per heavy atom. The molecule has 0 aliphatic carbocycles. The van der Waals surface area contributed by atoms with Crippen LogP contribution >= 0.6 is 0 Å². The van der Waals surface area contributed by atoms with Crippen molar-refractivity contribution in [3.63, 3.8) is 0 Å². The molecule has 234 valence electrons. The number of aliphatic hydroxyl groups excluding tert-OH is 8. The fraction of sp³-hybridized carbons (Fsp3) is 0.444. The van der Waals surface area contributed by atoms with Crippen LogP contribution in [-0.4, -0.2) is 131 Å². The van der Waals surface area contributed by atoms with Crippen LogP contribution in [0.1, 0.15) is 0 Å². The minimum atomic E-state index is -1.82. The van der Waals surface area contributed by atoms with Gasteiger partial charge in [0.05, 0.1) is 24.8 Å². The van der Waals surface area contributed by atoms with Gasteiger partial charge < -0.3 is 75.1 Å². The van der Waals surface area contributed by atoms with E-state index in [1.54, 1.807) is 0 Å². The van der Waals surface area contributed by atoms with Crippen LogP contribution in [0, 0.1) is 0 Å². The molecule has 11 N–H and O–H groups in total. The molecule has 10 atom stereocenters. The molecule has 2 saturated heterocycles. The van der Waals surface area contributed by atoms with E-state index in [-0.39, 0.29) is 33.8 Å². The van der Waals surface area contributed by atoms with Crippen molar-refractivity contribution in [2.75, 3.05) is 13.2 Å². The molecule has 2 fully saturated rings. The smallest absolute Gasteiger partial charge is 0.402 e. The van der Waals surface area contributed by atoms with Crippen molar-refractivity contribution in [1.29, 1.82) is 0 Å². The van der Waals surface area contributed by atoms with Crippen LogP contribution in [0.15, 0.2) is 40.8 Å². The van der Waals surface area contributed by atoms with Crippen molar-refractivity contribution in [2.45, 2.75) is 61.4 Å². The third-order valence-corrected chi connectivity index (χ3v) is 7.22. The highest BCUT2D eigenvalue weighted by atomic mass is 16.7. The maximum absolute atomic E-state index is 10.6. The molecule has 3 heterocycles. The van der Waals surface area contributed by atoms with E-state index in [0.29, 0.717) is 0 Å². The van der Waals surface area contributed by atoms with Crippen molar-refractivity contribution < 1.29 is 79.5 Å². The quantitative estimate of drug-likeness (QED) is 0.100. The van der Waals surface area contributed by atoms with E-state index in [2.05, 4.69) is 0 Å². The van der Waals surface area contributed by atoms with Crippen LogP contribution in [0.3, 0.4) is 0 Å². The van der Waals surface area contributed by atoms with Gasteiger partial charge in [-0.15, -0.1) is 0 Å². The lowest BCUT2D eigenvalue weighted by Gasteiger charge is -2.39. The molecular formula is C27H31O16+. The first kappa shape index (κ1) is 30.9. The summed E-state index contributed by atoms with van der Waals surface area (Å²) in [6.07, 6.45) is -16.4. The zero-order valence-electron chi connectivity index (χ0n) is 22.1. The van der Waals surface area contributed by atoms with Gasteiger partial charge in [0.2, 0.25) is 18.3 Å². The average molecular weight is 612 g/mol. The molecule has 1 aromatic heterocycles. The van der Waals surface area contributed by atoms with Crippen molar-refractivity contribution in [1.82, 2.24) is 0 Å². The van der Waals surface area contributed by atoms with Crippen LogP contribution < -0.4 is 9.47 Å². The van der Waals surface area contributed by atoms with Crippen LogP contribution in [0.4, 0.5) is 0 Å². The van der Waals surface area contributed by atoms with Gasteiger partial charge in [-0.25, -0.2) is 4.42 Å². The van der Waals surface area contributed by atoms with E-state index in [9.17, 15) is 56.2 Å². The highest BCUT2D eigenvalue weighted by Gasteiger charge is 2.47. The maximum Gasteiger partial charge on any atom is 0.402 e. The molecule has 5 rings (SSSR count). The summed E-state index contributed by atoms with van der Waals surface area (Å²) in [5.41, 5.74) is 0.0554. The first-order valence-electron chi connectivity index (χ1n) is 13.0. The Kier molecular flexibility index (Phi) is 8.77. The average Bonchev–Trinajstić information content (AvgIpc) is 2.98. The minimum Gasteiger partial charge on any atom is -0.507 e. The molecule has 0 bridgehead atoms. The summed E-state index contributed by atoms with van der Waals surface area (Å²) in [5, 5.41) is 111. The first-order valence-corrected chi connectivity index (χ1v) is 13.0. The molecule has 2 aromatic carbocycles. The molecule has 0 saturated carbocycles. The number of phenols is 3. The SMILES string of the molecule is OC[C@H]1O[C@@H](Oc2cc(O)cc3[o+]c(-c4ccc(O)c(O)c4)c(O[C@@H]4O[C@H](CO)[C@@H](O)[C@H](O)[C@H]4O)cc23)[C@H](O)[C@@H](O)[C@H]1O. The number of hydrogen-bond acceptors (Lipinski definition) is 15. The molecule has 0 radical (unpaired) electrons. The number of phenolic OH excluding ortho intramolecular Hbond substituents is 3. The predicted molar refractivity (Wildman–Crippen MR) is 140 cm³/mol. The van der Waals surface area contributed by atoms with E-state index < -0.39 is 91.9 Å². The third kappa shape index (κ3) is 5.85. The van der Waals surface area contributed by atoms with E-state index in [1.165, 1.54) is 18.2 Å². The fourth-order valence-electron chi connectivity index (χ4n) is 4.80. The summed E-state index contributed by atoms with van der Waals surface area (Å²) in [7, 11) is 0. The van der Waals surface area contributed by atoms with Gasteiger partial charge in [-0.05, 0) is 12.1 Å². The number of aromatic hydroxyl groups is 3. The third-order valence-electron chi connectivity index (χ3n) is 7.22. The number of benzene rings is 2. The van der Waals surface area contributed by atoms with Crippen LogP contribution in [-0.2, 0) is 9.47 Å². The van der Waals surface area contributed by atoms with Gasteiger partial charge in [-0.1, -0.05) is 0 Å². The van der Waals surface area contributed by atoms with Crippen molar-refractivity contribution in [2.24, 2.45) is 0 Å². The predicted octanol–water partition coefficient (Wildman–Crippen LogP) is -2.14. The molecule has 0 spiro atoms. The van der Waals surface area contributed by atoms with Crippen molar-refractivity contribution in [3.8, 4) is 40.1 Å². The zero-order valence-corrected chi connectivity index (χ0v) is 22.1. The second-order valence-corrected chi connectivity index (χ2v) is 10.1. The fourth-order valence-corrected chi connectivity index (χ4v) is 4.80. The van der Waals surface area contributed by atoms with Crippen molar-refractivity contribution in [3.05, 3.63) is 36.4 Å². The number of rotatable bonds is 7. The standard InChI is InChI=1S/C27H30O16/c28-7-17-19(33)21(35)23(37)26(42-17)40-15-5-10(30)4-14-11(15)6-16(25(39-14)9-1-2-12(31)13(32)3-9)41-27-24(38)22(36)20(34)18(8-29)43-27/h1-6,17-24,26-29,33-38H,7-8H2,(H2-,30,31,32)/p+1/t17-,18-,19+,20-,21+,22+,23-,24-,26-,27-/m1/s1. The minimum absolute atomic E-state index is 0.0427. The lowest BCUT2D eigenvalue weighted by Crippen LogP contribution is -2.60. The molecule has 2 aliphatic heterocycles. The second kappa shape index (κ2) is 12.2. The largest absolute Gasteiger partial charge is 0.507 e. The van der Waals surface area contributed by atoms with Crippen molar-refractivity contribution >= 4 is 11.0 Å². The molecule has 0 unspecified atom stereocenters. The van der Waals surface area contributed by atoms with Gasteiger partial charge in [-0.2, -0.15) is 0 Å². The van der Waals surface area contributed by atoms with Crippen LogP contribution in [0.25, 0.3) is 22.3 Å². The lowest BCUT2D eigenvalue weighted by molar-refractivity contribution is -0.277. The summed E-state index contributed by atoms with van der Waals surface area (Å²) >= 11 is 0. The highest BCUT2D eigenvalue weighted by Crippen LogP contribution is 2.43. The summed E-state index contributed by atoms with van der Waals surface area (Å²) in [6.45, 7) is -1.46. The van der Waals surface area contributed by atoms with Gasteiger partial charge in [0, 0.05) is 18.2 Å². The summed E-state index contributed by atoms with van der Waals surface area (Å²) < 4.78 is 28.4. The molecule has 16 heteroatoms. The molecule has 2 aliphatic rings. The van der Waals surface area contributed by atoms with Crippen LogP contribution in [0.5, 0.6) is 28.7 Å². The highest BCUT2D eigenvalue weighted by molar-refractivity contribution is 5.89. The normalized spacial score (nSPS) is 32.9. The lowest BCUT2D eigenvalue weighted by atomic mass is 9.99. The van der Waals surface area contributed by atoms with E-state index in [4.69, 9.17) is 23.4 Å². The van der Waals surface area contributed by atoms with E-state index in [1.807, 2.05) is 0 Å². The van der Waals surface area contributed by atoms with Crippen LogP contribution in [0.2, 0.25) is 0 Å².